The van der Waals surface area contributed by atoms with Gasteiger partial charge in [0.1, 0.15) is 17.0 Å². The molecule has 2 aromatic carbocycles. The number of carbonyl (C=O) groups is 3. The van der Waals surface area contributed by atoms with Crippen LogP contribution in [0.25, 0.3) is 0 Å². The Bertz CT molecular complexity index is 1180. The molecule has 10 nitrogen and oxygen atoms in total. The summed E-state index contributed by atoms with van der Waals surface area (Å²) in [6.07, 6.45) is -1.94. The van der Waals surface area contributed by atoms with Gasteiger partial charge in [0.05, 0.1) is 14.2 Å². The summed E-state index contributed by atoms with van der Waals surface area (Å²) in [7, 11) is 2.68. The molecule has 0 saturated heterocycles. The van der Waals surface area contributed by atoms with Gasteiger partial charge in [0.25, 0.3) is 5.66 Å². The van der Waals surface area contributed by atoms with Crippen LogP contribution >= 0.6 is 0 Å². The van der Waals surface area contributed by atoms with E-state index in [4.69, 9.17) is 23.9 Å². The van der Waals surface area contributed by atoms with Gasteiger partial charge in [0, 0.05) is 11.1 Å². The van der Waals surface area contributed by atoms with Crippen LogP contribution in [0.4, 0.5) is 9.59 Å². The van der Waals surface area contributed by atoms with Crippen LogP contribution in [0.2, 0.25) is 0 Å². The molecule has 198 valence electrons. The van der Waals surface area contributed by atoms with Gasteiger partial charge in [-0.1, -0.05) is 42.5 Å². The van der Waals surface area contributed by atoms with Gasteiger partial charge >= 0.3 is 18.2 Å². The molecular weight excluding hydrogens is 478 g/mol. The highest BCUT2D eigenvalue weighted by Crippen LogP contribution is 2.42. The van der Waals surface area contributed by atoms with E-state index >= 15 is 0 Å². The lowest BCUT2D eigenvalue weighted by atomic mass is 9.99. The monoisotopic (exact) mass is 511 g/mol. The second-order valence-corrected chi connectivity index (χ2v) is 10.3. The van der Waals surface area contributed by atoms with Crippen LogP contribution in [0.3, 0.4) is 0 Å². The normalized spacial score (nSPS) is 17.7. The van der Waals surface area contributed by atoms with Crippen LogP contribution < -0.4 is 4.74 Å². The van der Waals surface area contributed by atoms with Crippen molar-refractivity contribution in [2.24, 2.45) is 4.99 Å². The second kappa shape index (κ2) is 10.1. The molecule has 1 aliphatic rings. The summed E-state index contributed by atoms with van der Waals surface area (Å²) in [6.45, 7) is 10.1. The topological polar surface area (TPSA) is 107 Å². The van der Waals surface area contributed by atoms with Crippen molar-refractivity contribution in [2.45, 2.75) is 58.4 Å². The van der Waals surface area contributed by atoms with E-state index in [1.165, 1.54) is 14.2 Å². The zero-order valence-electron chi connectivity index (χ0n) is 22.4. The van der Waals surface area contributed by atoms with Gasteiger partial charge in [-0.25, -0.2) is 19.4 Å². The molecule has 0 unspecified atom stereocenters. The number of methoxy groups -OCH3 is 2. The molecule has 0 aliphatic carbocycles. The maximum atomic E-state index is 13.8. The first-order chi connectivity index (χ1) is 17.2. The predicted octanol–water partition coefficient (Wildman–Crippen LogP) is 4.87. The highest BCUT2D eigenvalue weighted by atomic mass is 16.6. The van der Waals surface area contributed by atoms with E-state index in [-0.39, 0.29) is 11.4 Å². The fraction of sp³-hybridized carbons (Fsp3) is 0.407. The highest BCUT2D eigenvalue weighted by Gasteiger charge is 2.61. The number of benzene rings is 2. The summed E-state index contributed by atoms with van der Waals surface area (Å²) in [5.74, 6) is -0.396. The Morgan fingerprint density at radius 1 is 0.784 bits per heavy atom. The first-order valence-corrected chi connectivity index (χ1v) is 11.7. The third kappa shape index (κ3) is 5.68. The summed E-state index contributed by atoms with van der Waals surface area (Å²) >= 11 is 0. The number of ether oxygens (including phenoxy) is 4. The Morgan fingerprint density at radius 3 is 1.81 bits per heavy atom. The van der Waals surface area contributed by atoms with E-state index < -0.39 is 35.0 Å². The van der Waals surface area contributed by atoms with Crippen molar-refractivity contribution in [2.75, 3.05) is 14.2 Å². The third-order valence-electron chi connectivity index (χ3n) is 5.10. The molecule has 37 heavy (non-hydrogen) atoms. The number of nitrogens with zero attached hydrogens (tertiary/aromatic N) is 3. The Hall–Kier alpha value is -4.08. The third-order valence-corrected chi connectivity index (χ3v) is 5.10. The average Bonchev–Trinajstić information content (AvgIpc) is 3.20. The highest BCUT2D eigenvalue weighted by molar-refractivity contribution is 6.11. The van der Waals surface area contributed by atoms with Crippen LogP contribution in [0.1, 0.15) is 52.7 Å². The number of amides is 2. The zero-order valence-corrected chi connectivity index (χ0v) is 22.4. The van der Waals surface area contributed by atoms with Crippen molar-refractivity contribution in [3.8, 4) is 5.75 Å². The molecule has 0 spiro atoms. The average molecular weight is 512 g/mol. The number of hydrazine groups is 1. The summed E-state index contributed by atoms with van der Waals surface area (Å²) in [4.78, 5) is 45.8. The van der Waals surface area contributed by atoms with E-state index in [0.29, 0.717) is 11.3 Å². The summed E-state index contributed by atoms with van der Waals surface area (Å²) < 4.78 is 21.7. The minimum atomic E-state index is -2.15. The molecule has 0 saturated carbocycles. The second-order valence-electron chi connectivity index (χ2n) is 10.3. The molecule has 0 radical (unpaired) electrons. The molecule has 1 heterocycles. The van der Waals surface area contributed by atoms with Crippen LogP contribution in [-0.4, -0.2) is 59.4 Å². The number of esters is 1. The van der Waals surface area contributed by atoms with Crippen LogP contribution in [0, 0.1) is 0 Å². The van der Waals surface area contributed by atoms with Gasteiger partial charge in [-0.2, -0.15) is 10.0 Å². The van der Waals surface area contributed by atoms with Gasteiger partial charge < -0.3 is 18.9 Å². The van der Waals surface area contributed by atoms with E-state index in [0.717, 1.165) is 10.0 Å². The maximum absolute atomic E-state index is 13.8. The largest absolute Gasteiger partial charge is 0.497 e. The lowest BCUT2D eigenvalue weighted by Gasteiger charge is -2.38. The van der Waals surface area contributed by atoms with Crippen molar-refractivity contribution in [3.63, 3.8) is 0 Å². The molecule has 0 fully saturated rings. The van der Waals surface area contributed by atoms with E-state index in [9.17, 15) is 14.4 Å². The standard InChI is InChI=1S/C27H33N3O7/c1-25(2,3)36-23(32)29-21(18-12-10-9-11-13-18)28-27(22(31)35-8,19-14-16-20(34-7)17-15-19)30(29)24(33)37-26(4,5)6/h9-17H,1-8H3/t27-/m1/s1. The number of aliphatic imine (C=N–C) groups is 1. The fourth-order valence-corrected chi connectivity index (χ4v) is 3.66. The van der Waals surface area contributed by atoms with Crippen LogP contribution in [-0.2, 0) is 24.7 Å². The SMILES string of the molecule is COC(=O)[C@]1(c2ccc(OC)cc2)N=C(c2ccccc2)N(C(=O)OC(C)(C)C)N1C(=O)OC(C)(C)C. The summed E-state index contributed by atoms with van der Waals surface area (Å²) in [5.41, 5.74) is -3.33. The molecule has 2 aromatic rings. The van der Waals surface area contributed by atoms with Crippen molar-refractivity contribution in [1.82, 2.24) is 10.0 Å². The molecule has 1 atom stereocenters. The van der Waals surface area contributed by atoms with E-state index in [1.807, 2.05) is 0 Å². The Kier molecular flexibility index (Phi) is 7.52. The van der Waals surface area contributed by atoms with Gasteiger partial charge in [-0.15, -0.1) is 0 Å². The smallest absolute Gasteiger partial charge is 0.435 e. The molecule has 3 rings (SSSR count). The number of amidine groups is 1. The first-order valence-electron chi connectivity index (χ1n) is 11.7. The number of rotatable bonds is 4. The van der Waals surface area contributed by atoms with E-state index in [2.05, 4.69) is 0 Å². The Morgan fingerprint density at radius 2 is 1.32 bits per heavy atom. The number of carbonyl (C=O) groups excluding carboxylic acids is 3. The molecular formula is C27H33N3O7. The Labute approximate surface area is 216 Å². The first kappa shape index (κ1) is 27.5. The molecule has 0 aromatic heterocycles. The molecule has 10 heteroatoms. The fourth-order valence-electron chi connectivity index (χ4n) is 3.66. The quantitative estimate of drug-likeness (QED) is 0.426. The van der Waals surface area contributed by atoms with Crippen molar-refractivity contribution in [1.29, 1.82) is 0 Å². The van der Waals surface area contributed by atoms with Crippen molar-refractivity contribution < 1.29 is 33.3 Å². The lowest BCUT2D eigenvalue weighted by molar-refractivity contribution is -0.161. The summed E-state index contributed by atoms with van der Waals surface area (Å²) in [5, 5.41) is 1.78. The number of hydrogen-bond acceptors (Lipinski definition) is 8. The Balaban J connectivity index is 2.37. The van der Waals surface area contributed by atoms with Crippen LogP contribution in [0.15, 0.2) is 59.6 Å². The minimum absolute atomic E-state index is 0.00178. The maximum Gasteiger partial charge on any atom is 0.435 e. The predicted molar refractivity (Wildman–Crippen MR) is 136 cm³/mol. The zero-order chi connectivity index (χ0) is 27.6. The van der Waals surface area contributed by atoms with Gasteiger partial charge in [0.2, 0.25) is 0 Å². The molecule has 0 bridgehead atoms. The van der Waals surface area contributed by atoms with Crippen molar-refractivity contribution in [3.05, 3.63) is 65.7 Å². The summed E-state index contributed by atoms with van der Waals surface area (Å²) in [6, 6.07) is 15.0. The lowest BCUT2D eigenvalue weighted by Crippen LogP contribution is -2.60. The number of hydrogen-bond donors (Lipinski definition) is 0. The van der Waals surface area contributed by atoms with Gasteiger partial charge in [-0.05, 0) is 53.7 Å². The van der Waals surface area contributed by atoms with Crippen LogP contribution in [0.5, 0.6) is 5.75 Å². The van der Waals surface area contributed by atoms with E-state index in [1.54, 1.807) is 96.1 Å². The molecule has 2 amide bonds. The minimum Gasteiger partial charge on any atom is -0.497 e. The van der Waals surface area contributed by atoms with Gasteiger partial charge in [-0.3, -0.25) is 0 Å². The van der Waals surface area contributed by atoms with Gasteiger partial charge in [0.15, 0.2) is 5.84 Å². The molecule has 0 N–H and O–H groups in total. The van der Waals surface area contributed by atoms with Crippen molar-refractivity contribution >= 4 is 24.0 Å². The molecule has 1 aliphatic heterocycles.